The summed E-state index contributed by atoms with van der Waals surface area (Å²) < 4.78 is 0. The topological polar surface area (TPSA) is 0 Å². The van der Waals surface area contributed by atoms with E-state index in [0.717, 1.165) is 11.1 Å². The zero-order valence-electron chi connectivity index (χ0n) is 7.59. The third-order valence-electron chi connectivity index (χ3n) is 2.51. The first kappa shape index (κ1) is 8.13. The van der Waals surface area contributed by atoms with Crippen LogP contribution in [0.3, 0.4) is 0 Å². The lowest BCUT2D eigenvalue weighted by atomic mass is 9.98. The molecule has 1 fully saturated rings. The van der Waals surface area contributed by atoms with Gasteiger partial charge in [-0.05, 0) is 29.9 Å². The van der Waals surface area contributed by atoms with Crippen molar-refractivity contribution in [3.8, 4) is 12.3 Å². The van der Waals surface area contributed by atoms with Crippen LogP contribution in [0.25, 0.3) is 6.08 Å². The smallest absolute Gasteiger partial charge is 0.0349 e. The molecule has 0 unspecified atom stereocenters. The van der Waals surface area contributed by atoms with Gasteiger partial charge in [0.1, 0.15) is 0 Å². The van der Waals surface area contributed by atoms with Gasteiger partial charge in [-0.3, -0.25) is 0 Å². The Morgan fingerprint density at radius 3 is 2.77 bits per heavy atom. The number of terminal acetylenes is 1. The average molecular weight is 168 g/mol. The number of benzene rings is 1. The van der Waals surface area contributed by atoms with E-state index >= 15 is 0 Å². The molecule has 0 saturated heterocycles. The summed E-state index contributed by atoms with van der Waals surface area (Å²) in [6.45, 7) is 3.76. The van der Waals surface area contributed by atoms with Crippen LogP contribution in [0.15, 0.2) is 24.8 Å². The van der Waals surface area contributed by atoms with E-state index in [1.165, 1.54) is 18.4 Å². The molecule has 0 aromatic heterocycles. The normalized spacial score (nSPS) is 15.0. The Morgan fingerprint density at radius 2 is 2.23 bits per heavy atom. The second kappa shape index (κ2) is 3.11. The van der Waals surface area contributed by atoms with Gasteiger partial charge in [-0.15, -0.1) is 6.42 Å². The maximum atomic E-state index is 5.49. The summed E-state index contributed by atoms with van der Waals surface area (Å²) in [6, 6.07) is 6.22. The first-order valence-electron chi connectivity index (χ1n) is 4.58. The summed E-state index contributed by atoms with van der Waals surface area (Å²) in [5.41, 5.74) is 3.46. The minimum atomic E-state index is 0.714. The van der Waals surface area contributed by atoms with E-state index in [2.05, 4.69) is 24.6 Å². The van der Waals surface area contributed by atoms with Crippen molar-refractivity contribution in [2.45, 2.75) is 18.8 Å². The monoisotopic (exact) mass is 168 g/mol. The SMILES string of the molecule is C#Cc1c(C=C)cccc1C1CC1. The van der Waals surface area contributed by atoms with E-state index in [1.807, 2.05) is 12.1 Å². The lowest BCUT2D eigenvalue weighted by molar-refractivity contribution is 1.12. The molecule has 64 valence electrons. The molecule has 0 atom stereocenters. The van der Waals surface area contributed by atoms with Crippen LogP contribution in [0.5, 0.6) is 0 Å². The van der Waals surface area contributed by atoms with Gasteiger partial charge < -0.3 is 0 Å². The van der Waals surface area contributed by atoms with E-state index in [9.17, 15) is 0 Å². The van der Waals surface area contributed by atoms with Gasteiger partial charge in [0.25, 0.3) is 0 Å². The first-order valence-corrected chi connectivity index (χ1v) is 4.58. The molecule has 1 saturated carbocycles. The van der Waals surface area contributed by atoms with Crippen molar-refractivity contribution in [2.75, 3.05) is 0 Å². The zero-order chi connectivity index (χ0) is 9.26. The van der Waals surface area contributed by atoms with Gasteiger partial charge >= 0.3 is 0 Å². The van der Waals surface area contributed by atoms with Crippen LogP contribution in [-0.4, -0.2) is 0 Å². The van der Waals surface area contributed by atoms with Crippen LogP contribution in [-0.2, 0) is 0 Å². The van der Waals surface area contributed by atoms with Gasteiger partial charge in [0, 0.05) is 5.56 Å². The van der Waals surface area contributed by atoms with Crippen molar-refractivity contribution in [1.82, 2.24) is 0 Å². The van der Waals surface area contributed by atoms with E-state index in [4.69, 9.17) is 6.42 Å². The van der Waals surface area contributed by atoms with Crippen molar-refractivity contribution < 1.29 is 0 Å². The van der Waals surface area contributed by atoms with Crippen molar-refractivity contribution in [3.63, 3.8) is 0 Å². The third kappa shape index (κ3) is 1.38. The highest BCUT2D eigenvalue weighted by Crippen LogP contribution is 2.42. The Morgan fingerprint density at radius 1 is 1.46 bits per heavy atom. The fourth-order valence-electron chi connectivity index (χ4n) is 1.66. The first-order chi connectivity index (χ1) is 6.36. The Balaban J connectivity index is 2.55. The van der Waals surface area contributed by atoms with Crippen LogP contribution in [0.1, 0.15) is 35.4 Å². The molecule has 0 radical (unpaired) electrons. The fraction of sp³-hybridized carbons (Fsp3) is 0.231. The van der Waals surface area contributed by atoms with Crippen molar-refractivity contribution >= 4 is 6.08 Å². The number of rotatable bonds is 2. The van der Waals surface area contributed by atoms with E-state index in [-0.39, 0.29) is 0 Å². The van der Waals surface area contributed by atoms with Crippen LogP contribution in [0.2, 0.25) is 0 Å². The predicted molar refractivity (Wildman–Crippen MR) is 56.4 cm³/mol. The Kier molecular flexibility index (Phi) is 1.94. The van der Waals surface area contributed by atoms with Crippen LogP contribution in [0, 0.1) is 12.3 Å². The minimum Gasteiger partial charge on any atom is -0.115 e. The van der Waals surface area contributed by atoms with E-state index < -0.39 is 0 Å². The summed E-state index contributed by atoms with van der Waals surface area (Å²) in [4.78, 5) is 0. The highest BCUT2D eigenvalue weighted by molar-refractivity contribution is 5.61. The molecule has 0 N–H and O–H groups in total. The molecule has 2 rings (SSSR count). The molecule has 1 aliphatic rings. The van der Waals surface area contributed by atoms with Crippen molar-refractivity contribution in [2.24, 2.45) is 0 Å². The molecular weight excluding hydrogens is 156 g/mol. The van der Waals surface area contributed by atoms with Gasteiger partial charge in [0.15, 0.2) is 0 Å². The summed E-state index contributed by atoms with van der Waals surface area (Å²) in [5.74, 6) is 3.48. The van der Waals surface area contributed by atoms with E-state index in [1.54, 1.807) is 0 Å². The molecule has 13 heavy (non-hydrogen) atoms. The Labute approximate surface area is 79.3 Å². The standard InChI is InChI=1S/C13H12/c1-3-10-6-5-7-13(11-8-9-11)12(10)4-2/h2-3,5-7,11H,1,8-9H2. The summed E-state index contributed by atoms with van der Waals surface area (Å²) in [6.07, 6.45) is 9.90. The fourth-order valence-corrected chi connectivity index (χ4v) is 1.66. The molecule has 0 bridgehead atoms. The van der Waals surface area contributed by atoms with Crippen molar-refractivity contribution in [3.05, 3.63) is 41.5 Å². The molecule has 1 aromatic rings. The second-order valence-corrected chi connectivity index (χ2v) is 3.43. The average Bonchev–Trinajstić information content (AvgIpc) is 2.99. The molecule has 0 aliphatic heterocycles. The number of hydrogen-bond donors (Lipinski definition) is 0. The van der Waals surface area contributed by atoms with Crippen molar-refractivity contribution in [1.29, 1.82) is 0 Å². The molecular formula is C13H12. The van der Waals surface area contributed by atoms with Gasteiger partial charge in [-0.2, -0.15) is 0 Å². The second-order valence-electron chi connectivity index (χ2n) is 3.43. The van der Waals surface area contributed by atoms with Gasteiger partial charge in [0.05, 0.1) is 0 Å². The Hall–Kier alpha value is -1.48. The Bertz CT molecular complexity index is 376. The zero-order valence-corrected chi connectivity index (χ0v) is 7.59. The molecule has 1 aliphatic carbocycles. The molecule has 0 nitrogen and oxygen atoms in total. The quantitative estimate of drug-likeness (QED) is 0.595. The number of hydrogen-bond acceptors (Lipinski definition) is 0. The summed E-state index contributed by atoms with van der Waals surface area (Å²) in [5, 5.41) is 0. The maximum absolute atomic E-state index is 5.49. The molecule has 0 amide bonds. The minimum absolute atomic E-state index is 0.714. The van der Waals surface area contributed by atoms with Gasteiger partial charge in [0.2, 0.25) is 0 Å². The molecule has 1 aromatic carbocycles. The largest absolute Gasteiger partial charge is 0.115 e. The van der Waals surface area contributed by atoms with Crippen LogP contribution >= 0.6 is 0 Å². The lowest BCUT2D eigenvalue weighted by Gasteiger charge is -2.05. The van der Waals surface area contributed by atoms with Gasteiger partial charge in [-0.1, -0.05) is 36.8 Å². The van der Waals surface area contributed by atoms with Crippen LogP contribution in [0.4, 0.5) is 0 Å². The summed E-state index contributed by atoms with van der Waals surface area (Å²) in [7, 11) is 0. The highest BCUT2D eigenvalue weighted by Gasteiger charge is 2.25. The predicted octanol–water partition coefficient (Wildman–Crippen LogP) is 3.19. The summed E-state index contributed by atoms with van der Waals surface area (Å²) >= 11 is 0. The van der Waals surface area contributed by atoms with Gasteiger partial charge in [-0.25, -0.2) is 0 Å². The third-order valence-corrected chi connectivity index (χ3v) is 2.51. The van der Waals surface area contributed by atoms with Crippen LogP contribution < -0.4 is 0 Å². The molecule has 0 heterocycles. The highest BCUT2D eigenvalue weighted by atomic mass is 14.3. The molecule has 0 spiro atoms. The maximum Gasteiger partial charge on any atom is 0.0349 e. The van der Waals surface area contributed by atoms with E-state index in [0.29, 0.717) is 5.92 Å². The molecule has 0 heteroatoms. The lowest BCUT2D eigenvalue weighted by Crippen LogP contribution is -1.90.